The molecule has 0 radical (unpaired) electrons. The SMILES string of the molecule is CCC1([C@H](C)N)CCC(Oc2cc3ccncc3cc2C)CC1. The van der Waals surface area contributed by atoms with Crippen molar-refractivity contribution in [3.63, 3.8) is 0 Å². The molecule has 3 rings (SSSR count). The lowest BCUT2D eigenvalue weighted by atomic mass is 9.67. The molecule has 2 aromatic rings. The first-order chi connectivity index (χ1) is 11.0. The van der Waals surface area contributed by atoms with Crippen molar-refractivity contribution in [1.82, 2.24) is 4.98 Å². The van der Waals surface area contributed by atoms with Crippen LogP contribution in [0.3, 0.4) is 0 Å². The Labute approximate surface area is 139 Å². The molecule has 1 aliphatic rings. The molecule has 0 amide bonds. The molecule has 0 aliphatic heterocycles. The molecule has 124 valence electrons. The maximum Gasteiger partial charge on any atom is 0.123 e. The fourth-order valence-corrected chi connectivity index (χ4v) is 3.95. The Morgan fingerprint density at radius 3 is 2.70 bits per heavy atom. The third kappa shape index (κ3) is 3.20. The second kappa shape index (κ2) is 6.48. The van der Waals surface area contributed by atoms with Gasteiger partial charge < -0.3 is 10.5 Å². The Morgan fingerprint density at radius 2 is 2.04 bits per heavy atom. The monoisotopic (exact) mass is 312 g/mol. The number of pyridine rings is 1. The number of benzene rings is 1. The van der Waals surface area contributed by atoms with Gasteiger partial charge >= 0.3 is 0 Å². The second-order valence-corrected chi connectivity index (χ2v) is 7.16. The van der Waals surface area contributed by atoms with Gasteiger partial charge in [0.2, 0.25) is 0 Å². The highest BCUT2D eigenvalue weighted by molar-refractivity contribution is 5.84. The lowest BCUT2D eigenvalue weighted by Gasteiger charge is -2.42. The lowest BCUT2D eigenvalue weighted by Crippen LogP contribution is -2.43. The standard InChI is InChI=1S/C20H28N2O/c1-4-20(15(3)21)8-5-18(6-9-20)23-19-12-16-7-10-22-13-17(16)11-14(19)2/h7,10-13,15,18H,4-6,8-9,21H2,1-3H3/t15-,18?,20?/m0/s1. The van der Waals surface area contributed by atoms with Crippen molar-refractivity contribution in [2.45, 2.75) is 65.0 Å². The van der Waals surface area contributed by atoms with E-state index in [0.29, 0.717) is 11.5 Å². The van der Waals surface area contributed by atoms with Gasteiger partial charge in [0.15, 0.2) is 0 Å². The number of nitrogens with two attached hydrogens (primary N) is 1. The molecule has 0 saturated heterocycles. The first-order valence-corrected chi connectivity index (χ1v) is 8.81. The molecule has 0 unspecified atom stereocenters. The van der Waals surface area contributed by atoms with Crippen LogP contribution in [0.1, 0.15) is 51.5 Å². The van der Waals surface area contributed by atoms with Crippen molar-refractivity contribution in [3.05, 3.63) is 36.2 Å². The fraction of sp³-hybridized carbons (Fsp3) is 0.550. The van der Waals surface area contributed by atoms with Gasteiger partial charge in [0, 0.05) is 23.8 Å². The molecule has 0 spiro atoms. The van der Waals surface area contributed by atoms with Crippen molar-refractivity contribution in [1.29, 1.82) is 0 Å². The second-order valence-electron chi connectivity index (χ2n) is 7.16. The van der Waals surface area contributed by atoms with Crippen molar-refractivity contribution >= 4 is 10.8 Å². The van der Waals surface area contributed by atoms with Gasteiger partial charge in [0.25, 0.3) is 0 Å². The molecule has 2 N–H and O–H groups in total. The van der Waals surface area contributed by atoms with E-state index >= 15 is 0 Å². The van der Waals surface area contributed by atoms with Crippen LogP contribution in [-0.2, 0) is 0 Å². The van der Waals surface area contributed by atoms with Gasteiger partial charge in [0.05, 0.1) is 6.10 Å². The van der Waals surface area contributed by atoms with E-state index in [4.69, 9.17) is 10.5 Å². The number of aromatic nitrogens is 1. The zero-order valence-corrected chi connectivity index (χ0v) is 14.5. The molecule has 1 aromatic carbocycles. The summed E-state index contributed by atoms with van der Waals surface area (Å²) in [4.78, 5) is 4.19. The van der Waals surface area contributed by atoms with Gasteiger partial charge in [-0.05, 0) is 80.5 Å². The van der Waals surface area contributed by atoms with Crippen LogP contribution in [0.2, 0.25) is 0 Å². The summed E-state index contributed by atoms with van der Waals surface area (Å²) in [6, 6.07) is 6.63. The number of nitrogens with zero attached hydrogens (tertiary/aromatic N) is 1. The summed E-state index contributed by atoms with van der Waals surface area (Å²) in [6.07, 6.45) is 9.76. The predicted octanol–water partition coefficient (Wildman–Crippen LogP) is 4.61. The van der Waals surface area contributed by atoms with Gasteiger partial charge in [-0.3, -0.25) is 4.98 Å². The van der Waals surface area contributed by atoms with E-state index in [1.807, 2.05) is 18.5 Å². The molecular formula is C20H28N2O. The first kappa shape index (κ1) is 16.3. The average molecular weight is 312 g/mol. The maximum atomic E-state index is 6.35. The van der Waals surface area contributed by atoms with Crippen LogP contribution >= 0.6 is 0 Å². The van der Waals surface area contributed by atoms with Gasteiger partial charge in [-0.15, -0.1) is 0 Å². The highest BCUT2D eigenvalue weighted by Crippen LogP contribution is 2.42. The highest BCUT2D eigenvalue weighted by Gasteiger charge is 2.37. The maximum absolute atomic E-state index is 6.35. The van der Waals surface area contributed by atoms with E-state index < -0.39 is 0 Å². The van der Waals surface area contributed by atoms with Crippen LogP contribution in [0.5, 0.6) is 5.75 Å². The highest BCUT2D eigenvalue weighted by atomic mass is 16.5. The van der Waals surface area contributed by atoms with E-state index in [1.54, 1.807) is 0 Å². The zero-order chi connectivity index (χ0) is 16.4. The zero-order valence-electron chi connectivity index (χ0n) is 14.5. The molecule has 1 aromatic heterocycles. The number of fused-ring (bicyclic) bond motifs is 1. The molecule has 1 aliphatic carbocycles. The molecular weight excluding hydrogens is 284 g/mol. The largest absolute Gasteiger partial charge is 0.490 e. The number of rotatable bonds is 4. The van der Waals surface area contributed by atoms with Crippen LogP contribution < -0.4 is 10.5 Å². The molecule has 1 atom stereocenters. The Balaban J connectivity index is 1.73. The molecule has 3 nitrogen and oxygen atoms in total. The Kier molecular flexibility index (Phi) is 4.58. The molecule has 1 fully saturated rings. The predicted molar refractivity (Wildman–Crippen MR) is 95.7 cm³/mol. The topological polar surface area (TPSA) is 48.1 Å². The molecule has 1 heterocycles. The smallest absolute Gasteiger partial charge is 0.123 e. The molecule has 0 bridgehead atoms. The van der Waals surface area contributed by atoms with E-state index in [0.717, 1.165) is 18.6 Å². The fourth-order valence-electron chi connectivity index (χ4n) is 3.95. The van der Waals surface area contributed by atoms with Crippen molar-refractivity contribution in [2.24, 2.45) is 11.1 Å². The average Bonchev–Trinajstić information content (AvgIpc) is 2.56. The number of hydrogen-bond donors (Lipinski definition) is 1. The van der Waals surface area contributed by atoms with Crippen molar-refractivity contribution in [3.8, 4) is 5.75 Å². The first-order valence-electron chi connectivity index (χ1n) is 8.81. The minimum atomic E-state index is 0.267. The van der Waals surface area contributed by atoms with E-state index in [2.05, 4.69) is 37.9 Å². The molecule has 23 heavy (non-hydrogen) atoms. The lowest BCUT2D eigenvalue weighted by molar-refractivity contribution is 0.0615. The van der Waals surface area contributed by atoms with Crippen molar-refractivity contribution in [2.75, 3.05) is 0 Å². The Morgan fingerprint density at radius 1 is 1.30 bits per heavy atom. The normalized spacial score (nSPS) is 26.2. The minimum absolute atomic E-state index is 0.267. The summed E-state index contributed by atoms with van der Waals surface area (Å²) in [7, 11) is 0. The molecule has 3 heteroatoms. The molecule has 1 saturated carbocycles. The van der Waals surface area contributed by atoms with E-state index in [9.17, 15) is 0 Å². The summed E-state index contributed by atoms with van der Waals surface area (Å²) in [5.74, 6) is 1.01. The summed E-state index contributed by atoms with van der Waals surface area (Å²) in [5, 5.41) is 2.36. The third-order valence-electron chi connectivity index (χ3n) is 5.83. The number of aryl methyl sites for hydroxylation is 1. The summed E-state index contributed by atoms with van der Waals surface area (Å²) in [5.41, 5.74) is 7.74. The van der Waals surface area contributed by atoms with Crippen LogP contribution in [0.25, 0.3) is 10.8 Å². The van der Waals surface area contributed by atoms with E-state index in [-0.39, 0.29) is 6.04 Å². The Hall–Kier alpha value is -1.61. The summed E-state index contributed by atoms with van der Waals surface area (Å²) < 4.78 is 6.35. The number of ether oxygens (including phenoxy) is 1. The number of hydrogen-bond acceptors (Lipinski definition) is 3. The van der Waals surface area contributed by atoms with Gasteiger partial charge in [0.1, 0.15) is 5.75 Å². The summed E-state index contributed by atoms with van der Waals surface area (Å²) >= 11 is 0. The minimum Gasteiger partial charge on any atom is -0.490 e. The van der Waals surface area contributed by atoms with Crippen LogP contribution in [-0.4, -0.2) is 17.1 Å². The van der Waals surface area contributed by atoms with Crippen LogP contribution in [0.15, 0.2) is 30.6 Å². The Bertz CT molecular complexity index is 672. The van der Waals surface area contributed by atoms with Crippen LogP contribution in [0.4, 0.5) is 0 Å². The van der Waals surface area contributed by atoms with Gasteiger partial charge in [-0.2, -0.15) is 0 Å². The third-order valence-corrected chi connectivity index (χ3v) is 5.83. The van der Waals surface area contributed by atoms with Gasteiger partial charge in [-0.25, -0.2) is 0 Å². The quantitative estimate of drug-likeness (QED) is 0.897. The van der Waals surface area contributed by atoms with E-state index in [1.165, 1.54) is 35.6 Å². The van der Waals surface area contributed by atoms with Gasteiger partial charge in [-0.1, -0.05) is 6.92 Å². The van der Waals surface area contributed by atoms with Crippen LogP contribution in [0, 0.1) is 12.3 Å². The van der Waals surface area contributed by atoms with Crippen molar-refractivity contribution < 1.29 is 4.74 Å². The summed E-state index contributed by atoms with van der Waals surface area (Å²) in [6.45, 7) is 6.54.